The molecule has 3 nitrogen and oxygen atoms in total. The van der Waals surface area contributed by atoms with Crippen molar-refractivity contribution in [1.82, 2.24) is 5.32 Å². The molecule has 1 unspecified atom stereocenters. The normalized spacial score (nSPS) is 13.1. The second-order valence-electron chi connectivity index (χ2n) is 1.99. The van der Waals surface area contributed by atoms with Crippen molar-refractivity contribution < 1.29 is 9.90 Å². The smallest absolute Gasteiger partial charge is 0.0581 e. The van der Waals surface area contributed by atoms with E-state index in [1.54, 1.807) is 6.92 Å². The Bertz CT molecular complexity index is 93.1. The molecule has 0 aromatic carbocycles. The van der Waals surface area contributed by atoms with Gasteiger partial charge in [-0.2, -0.15) is 0 Å². The highest BCUT2D eigenvalue weighted by atomic mass is 16.4. The summed E-state index contributed by atoms with van der Waals surface area (Å²) < 4.78 is 0. The molecular weight excluding hydrogens is 118 g/mol. The first-order chi connectivity index (χ1) is 4.18. The lowest BCUT2D eigenvalue weighted by atomic mass is 10.3. The number of hydrogen-bond acceptors (Lipinski definition) is 3. The first-order valence-electron chi connectivity index (χ1n) is 3.12. The maximum absolute atomic E-state index is 10.0. The fraction of sp³-hybridized carbons (Fsp3) is 0.833. The third kappa shape index (κ3) is 3.97. The summed E-state index contributed by atoms with van der Waals surface area (Å²) in [7, 11) is 0. The van der Waals surface area contributed by atoms with Crippen molar-refractivity contribution >= 4 is 5.97 Å². The molecule has 0 saturated carbocycles. The van der Waals surface area contributed by atoms with E-state index in [0.29, 0.717) is 0 Å². The molecule has 0 radical (unpaired) electrons. The van der Waals surface area contributed by atoms with E-state index < -0.39 is 12.0 Å². The Morgan fingerprint density at radius 3 is 2.67 bits per heavy atom. The van der Waals surface area contributed by atoms with Gasteiger partial charge in [-0.25, -0.2) is 0 Å². The maximum atomic E-state index is 10.0. The lowest BCUT2D eigenvalue weighted by Crippen LogP contribution is -2.43. The average Bonchev–Trinajstić information content (AvgIpc) is 1.82. The zero-order chi connectivity index (χ0) is 7.28. The molecule has 3 heteroatoms. The lowest BCUT2D eigenvalue weighted by Gasteiger charge is -2.12. The Kier molecular flexibility index (Phi) is 4.05. The molecule has 0 aliphatic heterocycles. The van der Waals surface area contributed by atoms with Gasteiger partial charge in [-0.3, -0.25) is 0 Å². The van der Waals surface area contributed by atoms with Gasteiger partial charge in [0, 0.05) is 6.04 Å². The molecule has 0 aromatic heterocycles. The number of carboxylic acids is 1. The van der Waals surface area contributed by atoms with Crippen LogP contribution in [0.3, 0.4) is 0 Å². The highest BCUT2D eigenvalue weighted by Gasteiger charge is 1.97. The third-order valence-corrected chi connectivity index (χ3v) is 1.05. The Labute approximate surface area is 55.1 Å². The van der Waals surface area contributed by atoms with Crippen LogP contribution in [-0.2, 0) is 4.79 Å². The first kappa shape index (κ1) is 8.43. The van der Waals surface area contributed by atoms with Crippen molar-refractivity contribution in [3.8, 4) is 0 Å². The number of carbonyl (C=O) groups is 1. The van der Waals surface area contributed by atoms with Crippen molar-refractivity contribution in [1.29, 1.82) is 0 Å². The van der Waals surface area contributed by atoms with E-state index in [1.165, 1.54) is 0 Å². The van der Waals surface area contributed by atoms with Crippen LogP contribution in [0.4, 0.5) is 0 Å². The van der Waals surface area contributed by atoms with Gasteiger partial charge in [0.15, 0.2) is 0 Å². The number of nitrogens with one attached hydrogen (secondary N) is 1. The van der Waals surface area contributed by atoms with Crippen LogP contribution < -0.4 is 10.4 Å². The molecule has 0 aliphatic carbocycles. The summed E-state index contributed by atoms with van der Waals surface area (Å²) in [5.74, 6) is -1.04. The van der Waals surface area contributed by atoms with Gasteiger partial charge in [0.1, 0.15) is 0 Å². The molecule has 0 amide bonds. The van der Waals surface area contributed by atoms with Crippen molar-refractivity contribution in [3.05, 3.63) is 0 Å². The van der Waals surface area contributed by atoms with Crippen LogP contribution in [0, 0.1) is 0 Å². The molecule has 9 heavy (non-hydrogen) atoms. The van der Waals surface area contributed by atoms with E-state index in [4.69, 9.17) is 0 Å². The number of hydrogen-bond donors (Lipinski definition) is 1. The van der Waals surface area contributed by atoms with E-state index in [9.17, 15) is 9.90 Å². The minimum atomic E-state index is -1.04. The summed E-state index contributed by atoms with van der Waals surface area (Å²) in [5.41, 5.74) is 0. The average molecular weight is 130 g/mol. The number of carboxylic acid groups (broad SMARTS) is 1. The van der Waals surface area contributed by atoms with Gasteiger partial charge in [0.05, 0.1) is 5.97 Å². The van der Waals surface area contributed by atoms with Crippen LogP contribution in [0.25, 0.3) is 0 Å². The summed E-state index contributed by atoms with van der Waals surface area (Å²) in [6.45, 7) is 4.29. The summed E-state index contributed by atoms with van der Waals surface area (Å²) >= 11 is 0. The number of carbonyl (C=O) groups excluding carboxylic acids is 1. The number of rotatable bonds is 4. The molecule has 0 aliphatic rings. The van der Waals surface area contributed by atoms with Crippen molar-refractivity contribution in [2.75, 3.05) is 6.54 Å². The molecule has 54 valence electrons. The van der Waals surface area contributed by atoms with Crippen LogP contribution in [0.5, 0.6) is 0 Å². The van der Waals surface area contributed by atoms with E-state index in [0.717, 1.165) is 13.0 Å². The minimum Gasteiger partial charge on any atom is -0.548 e. The Morgan fingerprint density at radius 1 is 1.78 bits per heavy atom. The maximum Gasteiger partial charge on any atom is 0.0581 e. The van der Waals surface area contributed by atoms with Crippen molar-refractivity contribution in [3.63, 3.8) is 0 Å². The second-order valence-corrected chi connectivity index (χ2v) is 1.99. The molecule has 0 bridgehead atoms. The van der Waals surface area contributed by atoms with Gasteiger partial charge in [-0.15, -0.1) is 0 Å². The Morgan fingerprint density at radius 2 is 2.33 bits per heavy atom. The highest BCUT2D eigenvalue weighted by Crippen LogP contribution is 1.78. The molecule has 1 N–H and O–H groups in total. The molecule has 0 rings (SSSR count). The van der Waals surface area contributed by atoms with E-state index in [1.807, 2.05) is 6.92 Å². The Balaban J connectivity index is 3.27. The zero-order valence-electron chi connectivity index (χ0n) is 5.81. The SMILES string of the molecule is CCCNC(C)C(=O)[O-]. The largest absolute Gasteiger partial charge is 0.548 e. The summed E-state index contributed by atoms with van der Waals surface area (Å²) in [5, 5.41) is 12.8. The van der Waals surface area contributed by atoms with Crippen molar-refractivity contribution in [2.45, 2.75) is 26.3 Å². The Hall–Kier alpha value is -0.570. The molecule has 0 saturated heterocycles. The van der Waals surface area contributed by atoms with Crippen LogP contribution >= 0.6 is 0 Å². The number of aliphatic carboxylic acids is 1. The fourth-order valence-electron chi connectivity index (χ4n) is 0.444. The zero-order valence-corrected chi connectivity index (χ0v) is 5.81. The summed E-state index contributed by atoms with van der Waals surface area (Å²) in [6, 6.07) is -0.523. The molecular formula is C6H12NO2-. The van der Waals surface area contributed by atoms with Crippen LogP contribution in [0.1, 0.15) is 20.3 Å². The van der Waals surface area contributed by atoms with Crippen LogP contribution in [-0.4, -0.2) is 18.6 Å². The molecule has 0 heterocycles. The quantitative estimate of drug-likeness (QED) is 0.538. The van der Waals surface area contributed by atoms with E-state index >= 15 is 0 Å². The van der Waals surface area contributed by atoms with Gasteiger partial charge in [0.2, 0.25) is 0 Å². The second kappa shape index (κ2) is 4.32. The van der Waals surface area contributed by atoms with Gasteiger partial charge in [-0.1, -0.05) is 6.92 Å². The predicted octanol–water partition coefficient (Wildman–Crippen LogP) is -0.876. The lowest BCUT2D eigenvalue weighted by molar-refractivity contribution is -0.307. The van der Waals surface area contributed by atoms with Gasteiger partial charge in [0.25, 0.3) is 0 Å². The molecule has 0 spiro atoms. The van der Waals surface area contributed by atoms with E-state index in [-0.39, 0.29) is 0 Å². The van der Waals surface area contributed by atoms with Crippen LogP contribution in [0.15, 0.2) is 0 Å². The van der Waals surface area contributed by atoms with Gasteiger partial charge < -0.3 is 15.2 Å². The molecule has 0 aromatic rings. The first-order valence-corrected chi connectivity index (χ1v) is 3.12. The van der Waals surface area contributed by atoms with E-state index in [2.05, 4.69) is 5.32 Å². The third-order valence-electron chi connectivity index (χ3n) is 1.05. The summed E-state index contributed by atoms with van der Waals surface area (Å²) in [6.07, 6.45) is 0.942. The predicted molar refractivity (Wildman–Crippen MR) is 32.8 cm³/mol. The molecule has 1 atom stereocenters. The summed E-state index contributed by atoms with van der Waals surface area (Å²) in [4.78, 5) is 10.0. The monoisotopic (exact) mass is 130 g/mol. The van der Waals surface area contributed by atoms with Gasteiger partial charge in [-0.05, 0) is 19.9 Å². The van der Waals surface area contributed by atoms with Crippen molar-refractivity contribution in [2.24, 2.45) is 0 Å². The van der Waals surface area contributed by atoms with Gasteiger partial charge >= 0.3 is 0 Å². The minimum absolute atomic E-state index is 0.523. The standard InChI is InChI=1S/C6H13NO2/c1-3-4-7-5(2)6(8)9/h5,7H,3-4H2,1-2H3,(H,8,9)/p-1. The highest BCUT2D eigenvalue weighted by molar-refractivity contribution is 5.70. The fourth-order valence-corrected chi connectivity index (χ4v) is 0.444. The van der Waals surface area contributed by atoms with Crippen LogP contribution in [0.2, 0.25) is 0 Å². The topological polar surface area (TPSA) is 52.2 Å². The molecule has 0 fully saturated rings.